The monoisotopic (exact) mass is 283 g/mol. The molecule has 0 radical (unpaired) electrons. The summed E-state index contributed by atoms with van der Waals surface area (Å²) in [5.74, 6) is -2.55. The fraction of sp³-hybridized carbons (Fsp3) is 0.538. The van der Waals surface area contributed by atoms with E-state index in [0.717, 1.165) is 0 Å². The third kappa shape index (κ3) is 3.91. The third-order valence-electron chi connectivity index (χ3n) is 3.00. The number of carboxylic acid groups (broad SMARTS) is 1. The molecule has 1 aliphatic heterocycles. The van der Waals surface area contributed by atoms with Crippen molar-refractivity contribution in [2.45, 2.75) is 38.3 Å². The average Bonchev–Trinajstić information content (AvgIpc) is 2.37. The summed E-state index contributed by atoms with van der Waals surface area (Å²) in [6, 6.07) is -0.900. The smallest absolute Gasteiger partial charge is 0.344 e. The zero-order chi connectivity index (χ0) is 15.3. The molecule has 2 unspecified atom stereocenters. The van der Waals surface area contributed by atoms with E-state index in [1.807, 2.05) is 0 Å². The molecular formula is C13H17NO6. The molecule has 7 heteroatoms. The average molecular weight is 283 g/mol. The highest BCUT2D eigenvalue weighted by Crippen LogP contribution is 2.18. The number of rotatable bonds is 6. The molecule has 0 aromatic carbocycles. The lowest BCUT2D eigenvalue weighted by Gasteiger charge is -2.33. The van der Waals surface area contributed by atoms with Gasteiger partial charge in [-0.05, 0) is 6.92 Å². The number of ketones is 1. The number of carboxylic acids is 1. The van der Waals surface area contributed by atoms with E-state index in [4.69, 9.17) is 5.11 Å². The Balaban J connectivity index is 2.72. The van der Waals surface area contributed by atoms with Crippen LogP contribution in [0.25, 0.3) is 0 Å². The summed E-state index contributed by atoms with van der Waals surface area (Å²) in [5, 5.41) is 8.65. The topological polar surface area (TPSA) is 101 Å². The Labute approximate surface area is 116 Å². The van der Waals surface area contributed by atoms with Gasteiger partial charge in [-0.2, -0.15) is 0 Å². The maximum atomic E-state index is 11.8. The number of hydrogen-bond acceptors (Lipinski definition) is 5. The molecule has 0 aromatic heterocycles. The van der Waals surface area contributed by atoms with E-state index in [9.17, 15) is 19.2 Å². The lowest BCUT2D eigenvalue weighted by Crippen LogP contribution is -2.50. The molecule has 0 aromatic rings. The summed E-state index contributed by atoms with van der Waals surface area (Å²) in [5.41, 5.74) is 0. The van der Waals surface area contributed by atoms with E-state index in [1.54, 1.807) is 0 Å². The second-order valence-corrected chi connectivity index (χ2v) is 4.49. The molecule has 0 bridgehead atoms. The summed E-state index contributed by atoms with van der Waals surface area (Å²) >= 11 is 0. The molecular weight excluding hydrogens is 266 g/mol. The number of amides is 1. The SMILES string of the molecule is C=CCN1C(=O)CCC(=O)C1CC(=O)OC(C)C(=O)O. The van der Waals surface area contributed by atoms with Crippen LogP contribution < -0.4 is 0 Å². The predicted octanol–water partition coefficient (Wildman–Crippen LogP) is 0.139. The minimum atomic E-state index is -1.29. The van der Waals surface area contributed by atoms with E-state index < -0.39 is 24.1 Å². The first kappa shape index (κ1) is 15.9. The number of likely N-dealkylation sites (tertiary alicyclic amines) is 1. The number of nitrogens with zero attached hydrogens (tertiary/aromatic N) is 1. The number of ether oxygens (including phenoxy) is 1. The number of aliphatic carboxylic acids is 1. The molecule has 0 spiro atoms. The molecule has 2 atom stereocenters. The van der Waals surface area contributed by atoms with Crippen molar-refractivity contribution in [3.8, 4) is 0 Å². The Morgan fingerprint density at radius 2 is 2.15 bits per heavy atom. The highest BCUT2D eigenvalue weighted by molar-refractivity contribution is 5.97. The minimum Gasteiger partial charge on any atom is -0.479 e. The summed E-state index contributed by atoms with van der Waals surface area (Å²) < 4.78 is 4.67. The summed E-state index contributed by atoms with van der Waals surface area (Å²) in [6.45, 7) is 4.88. The van der Waals surface area contributed by atoms with Crippen LogP contribution in [-0.4, -0.2) is 52.3 Å². The molecule has 0 saturated carbocycles. The van der Waals surface area contributed by atoms with Crippen LogP contribution in [0.4, 0.5) is 0 Å². The van der Waals surface area contributed by atoms with Crippen molar-refractivity contribution in [3.05, 3.63) is 12.7 Å². The van der Waals surface area contributed by atoms with Gasteiger partial charge in [0.05, 0.1) is 6.42 Å². The van der Waals surface area contributed by atoms with Crippen LogP contribution in [0.15, 0.2) is 12.7 Å². The van der Waals surface area contributed by atoms with Crippen molar-refractivity contribution in [3.63, 3.8) is 0 Å². The van der Waals surface area contributed by atoms with Crippen LogP contribution >= 0.6 is 0 Å². The first-order valence-corrected chi connectivity index (χ1v) is 6.22. The Kier molecular flexibility index (Phi) is 5.42. The summed E-state index contributed by atoms with van der Waals surface area (Å²) in [7, 11) is 0. The summed E-state index contributed by atoms with van der Waals surface area (Å²) in [4.78, 5) is 47.0. The van der Waals surface area contributed by atoms with Gasteiger partial charge in [-0.25, -0.2) is 4.79 Å². The Morgan fingerprint density at radius 3 is 2.70 bits per heavy atom. The number of carbonyl (C=O) groups is 4. The number of piperidine rings is 1. The quantitative estimate of drug-likeness (QED) is 0.549. The fourth-order valence-corrected chi connectivity index (χ4v) is 1.93. The van der Waals surface area contributed by atoms with Crippen molar-refractivity contribution >= 4 is 23.6 Å². The lowest BCUT2D eigenvalue weighted by molar-refractivity contribution is -0.164. The highest BCUT2D eigenvalue weighted by atomic mass is 16.6. The van der Waals surface area contributed by atoms with Crippen LogP contribution in [0.1, 0.15) is 26.2 Å². The first-order chi connectivity index (χ1) is 9.36. The van der Waals surface area contributed by atoms with Crippen molar-refractivity contribution in [1.82, 2.24) is 4.90 Å². The molecule has 1 aliphatic rings. The summed E-state index contributed by atoms with van der Waals surface area (Å²) in [6.07, 6.45) is 0.0395. The zero-order valence-electron chi connectivity index (χ0n) is 11.2. The minimum absolute atomic E-state index is 0.0822. The van der Waals surface area contributed by atoms with Gasteiger partial charge in [-0.1, -0.05) is 6.08 Å². The van der Waals surface area contributed by atoms with Gasteiger partial charge in [0.15, 0.2) is 11.9 Å². The molecule has 110 valence electrons. The van der Waals surface area contributed by atoms with E-state index in [2.05, 4.69) is 11.3 Å². The van der Waals surface area contributed by atoms with Gasteiger partial charge in [0, 0.05) is 19.4 Å². The molecule has 20 heavy (non-hydrogen) atoms. The third-order valence-corrected chi connectivity index (χ3v) is 3.00. The second kappa shape index (κ2) is 6.83. The van der Waals surface area contributed by atoms with Crippen molar-refractivity contribution in [2.75, 3.05) is 6.54 Å². The van der Waals surface area contributed by atoms with Gasteiger partial charge in [-0.3, -0.25) is 14.4 Å². The fourth-order valence-electron chi connectivity index (χ4n) is 1.93. The number of Topliss-reactive ketones (excluding diaryl/α,β-unsaturated/α-hetero) is 1. The van der Waals surface area contributed by atoms with Gasteiger partial charge in [0.1, 0.15) is 6.04 Å². The van der Waals surface area contributed by atoms with E-state index in [1.165, 1.54) is 17.9 Å². The van der Waals surface area contributed by atoms with Crippen LogP contribution in [0.2, 0.25) is 0 Å². The van der Waals surface area contributed by atoms with Gasteiger partial charge in [0.2, 0.25) is 5.91 Å². The Hall–Kier alpha value is -2.18. The van der Waals surface area contributed by atoms with Crippen LogP contribution in [-0.2, 0) is 23.9 Å². The zero-order valence-corrected chi connectivity index (χ0v) is 11.2. The van der Waals surface area contributed by atoms with Crippen LogP contribution in [0, 0.1) is 0 Å². The largest absolute Gasteiger partial charge is 0.479 e. The number of esters is 1. The van der Waals surface area contributed by atoms with Crippen molar-refractivity contribution in [1.29, 1.82) is 0 Å². The molecule has 7 nitrogen and oxygen atoms in total. The maximum Gasteiger partial charge on any atom is 0.344 e. The molecule has 1 fully saturated rings. The molecule has 1 amide bonds. The maximum absolute atomic E-state index is 11.8. The number of carbonyl (C=O) groups excluding carboxylic acids is 3. The van der Waals surface area contributed by atoms with Crippen LogP contribution in [0.3, 0.4) is 0 Å². The van der Waals surface area contributed by atoms with Crippen LogP contribution in [0.5, 0.6) is 0 Å². The lowest BCUT2D eigenvalue weighted by atomic mass is 9.97. The van der Waals surface area contributed by atoms with E-state index in [0.29, 0.717) is 0 Å². The number of hydrogen-bond donors (Lipinski definition) is 1. The Morgan fingerprint density at radius 1 is 1.50 bits per heavy atom. The van der Waals surface area contributed by atoms with Gasteiger partial charge in [-0.15, -0.1) is 6.58 Å². The molecule has 0 aliphatic carbocycles. The van der Waals surface area contributed by atoms with Crippen molar-refractivity contribution < 1.29 is 29.0 Å². The molecule has 1 saturated heterocycles. The molecule has 1 rings (SSSR count). The highest BCUT2D eigenvalue weighted by Gasteiger charge is 2.36. The molecule has 1 N–H and O–H groups in total. The first-order valence-electron chi connectivity index (χ1n) is 6.22. The Bertz CT molecular complexity index is 444. The normalized spacial score (nSPS) is 20.4. The van der Waals surface area contributed by atoms with E-state index in [-0.39, 0.29) is 37.5 Å². The standard InChI is InChI=1S/C13H17NO6/c1-3-6-14-9(10(15)4-5-11(14)16)7-12(17)20-8(2)13(18)19/h3,8-9H,1,4-7H2,2H3,(H,18,19). The van der Waals surface area contributed by atoms with Gasteiger partial charge >= 0.3 is 11.9 Å². The predicted molar refractivity (Wildman–Crippen MR) is 67.7 cm³/mol. The van der Waals surface area contributed by atoms with Crippen molar-refractivity contribution in [2.24, 2.45) is 0 Å². The second-order valence-electron chi connectivity index (χ2n) is 4.49. The molecule has 1 heterocycles. The van der Waals surface area contributed by atoms with Gasteiger partial charge in [0.25, 0.3) is 0 Å². The van der Waals surface area contributed by atoms with E-state index >= 15 is 0 Å². The van der Waals surface area contributed by atoms with Gasteiger partial charge < -0.3 is 14.7 Å².